The molecule has 2 N–H and O–H groups in total. The Kier molecular flexibility index (Phi) is 4.96. The zero-order valence-corrected chi connectivity index (χ0v) is 12.2. The third-order valence-corrected chi connectivity index (χ3v) is 4.52. The summed E-state index contributed by atoms with van der Waals surface area (Å²) in [4.78, 5) is 13.0. The Morgan fingerprint density at radius 1 is 1.68 bits per heavy atom. The molecule has 0 spiro atoms. The summed E-state index contributed by atoms with van der Waals surface area (Å²) in [6.45, 7) is 4.52. The van der Waals surface area contributed by atoms with Crippen molar-refractivity contribution in [2.45, 2.75) is 44.9 Å². The second-order valence-electron chi connectivity index (χ2n) is 5.15. The first-order valence-corrected chi connectivity index (χ1v) is 7.59. The highest BCUT2D eigenvalue weighted by molar-refractivity contribution is 7.10. The molecule has 4 atom stereocenters. The maximum atomic E-state index is 12.1. The molecule has 1 aromatic heterocycles. The minimum atomic E-state index is -0.507. The predicted octanol–water partition coefficient (Wildman–Crippen LogP) is 2.10. The fourth-order valence-corrected chi connectivity index (χ4v) is 3.14. The Hall–Kier alpha value is -0.910. The van der Waals surface area contributed by atoms with Crippen LogP contribution in [-0.2, 0) is 9.53 Å². The number of carbonyl (C=O) groups is 1. The lowest BCUT2D eigenvalue weighted by atomic mass is 10.0. The van der Waals surface area contributed by atoms with Crippen LogP contribution in [0.3, 0.4) is 0 Å². The van der Waals surface area contributed by atoms with Crippen molar-refractivity contribution >= 4 is 17.2 Å². The molecule has 0 aliphatic carbocycles. The summed E-state index contributed by atoms with van der Waals surface area (Å²) in [7, 11) is 0. The van der Waals surface area contributed by atoms with Gasteiger partial charge in [-0.1, -0.05) is 6.07 Å². The van der Waals surface area contributed by atoms with Gasteiger partial charge >= 0.3 is 0 Å². The number of hydrogen-bond donors (Lipinski definition) is 2. The smallest absolute Gasteiger partial charge is 0.226 e. The quantitative estimate of drug-likeness (QED) is 0.870. The molecule has 0 saturated carbocycles. The second-order valence-corrected chi connectivity index (χ2v) is 6.13. The number of carbonyl (C=O) groups excluding carboxylic acids is 1. The Morgan fingerprint density at radius 3 is 3.05 bits per heavy atom. The zero-order valence-electron chi connectivity index (χ0n) is 11.3. The van der Waals surface area contributed by atoms with Crippen molar-refractivity contribution in [3.63, 3.8) is 0 Å². The fraction of sp³-hybridized carbons (Fsp3) is 0.643. The van der Waals surface area contributed by atoms with Crippen LogP contribution < -0.4 is 5.32 Å². The van der Waals surface area contributed by atoms with Crippen LogP contribution in [0.4, 0.5) is 0 Å². The van der Waals surface area contributed by atoms with Crippen LogP contribution in [0.1, 0.15) is 37.7 Å². The van der Waals surface area contributed by atoms with Crippen molar-refractivity contribution in [1.29, 1.82) is 0 Å². The maximum absolute atomic E-state index is 12.1. The van der Waals surface area contributed by atoms with Crippen molar-refractivity contribution in [2.24, 2.45) is 5.92 Å². The molecular weight excluding hydrogens is 262 g/mol. The molecule has 19 heavy (non-hydrogen) atoms. The summed E-state index contributed by atoms with van der Waals surface area (Å²) in [6, 6.07) is 3.79. The molecule has 5 heteroatoms. The first-order valence-electron chi connectivity index (χ1n) is 6.71. The zero-order chi connectivity index (χ0) is 13.8. The Balaban J connectivity index is 1.80. The number of aliphatic hydroxyl groups is 1. The molecule has 0 aromatic carbocycles. The van der Waals surface area contributed by atoms with Gasteiger partial charge in [-0.15, -0.1) is 11.3 Å². The first-order chi connectivity index (χ1) is 9.08. The molecule has 0 bridgehead atoms. The molecule has 2 heterocycles. The van der Waals surface area contributed by atoms with Crippen molar-refractivity contribution in [3.8, 4) is 0 Å². The van der Waals surface area contributed by atoms with Gasteiger partial charge in [0, 0.05) is 17.5 Å². The molecular formula is C14H21NO3S. The number of nitrogens with one attached hydrogen (secondary N) is 1. The molecule has 1 saturated heterocycles. The molecule has 1 fully saturated rings. The molecule has 1 aliphatic heterocycles. The summed E-state index contributed by atoms with van der Waals surface area (Å²) >= 11 is 1.53. The average molecular weight is 283 g/mol. The summed E-state index contributed by atoms with van der Waals surface area (Å²) < 4.78 is 5.40. The van der Waals surface area contributed by atoms with Crippen LogP contribution in [0.5, 0.6) is 0 Å². The predicted molar refractivity (Wildman–Crippen MR) is 75.0 cm³/mol. The van der Waals surface area contributed by atoms with Gasteiger partial charge in [-0.3, -0.25) is 4.79 Å². The maximum Gasteiger partial charge on any atom is 0.226 e. The molecule has 1 aromatic rings. The van der Waals surface area contributed by atoms with Crippen LogP contribution in [0.25, 0.3) is 0 Å². The van der Waals surface area contributed by atoms with Gasteiger partial charge in [0.25, 0.3) is 0 Å². The molecule has 1 amide bonds. The minimum absolute atomic E-state index is 0.00517. The van der Waals surface area contributed by atoms with Gasteiger partial charge in [0.2, 0.25) is 5.91 Å². The van der Waals surface area contributed by atoms with E-state index in [1.54, 1.807) is 0 Å². The minimum Gasteiger partial charge on any atom is -0.387 e. The van der Waals surface area contributed by atoms with Crippen LogP contribution in [0.2, 0.25) is 0 Å². The number of aliphatic hydroxyl groups excluding tert-OH is 1. The van der Waals surface area contributed by atoms with E-state index >= 15 is 0 Å². The lowest BCUT2D eigenvalue weighted by Crippen LogP contribution is -2.40. The topological polar surface area (TPSA) is 58.6 Å². The third kappa shape index (κ3) is 3.78. The highest BCUT2D eigenvalue weighted by Crippen LogP contribution is 2.24. The van der Waals surface area contributed by atoms with E-state index in [9.17, 15) is 9.90 Å². The first kappa shape index (κ1) is 14.5. The molecule has 4 unspecified atom stereocenters. The number of thiophene rings is 1. The van der Waals surface area contributed by atoms with Crippen LogP contribution in [0, 0.1) is 5.92 Å². The number of rotatable bonds is 5. The van der Waals surface area contributed by atoms with E-state index in [0.717, 1.165) is 11.3 Å². The van der Waals surface area contributed by atoms with E-state index in [2.05, 4.69) is 5.32 Å². The van der Waals surface area contributed by atoms with E-state index in [-0.39, 0.29) is 24.0 Å². The highest BCUT2D eigenvalue weighted by atomic mass is 32.1. The van der Waals surface area contributed by atoms with Gasteiger partial charge in [-0.2, -0.15) is 0 Å². The highest BCUT2D eigenvalue weighted by Gasteiger charge is 2.31. The van der Waals surface area contributed by atoms with E-state index in [1.165, 1.54) is 11.3 Å². The Labute approximate surface area is 117 Å². The van der Waals surface area contributed by atoms with Crippen molar-refractivity contribution in [3.05, 3.63) is 22.4 Å². The van der Waals surface area contributed by atoms with Gasteiger partial charge in [0.15, 0.2) is 0 Å². The number of hydrogen-bond acceptors (Lipinski definition) is 4. The van der Waals surface area contributed by atoms with Crippen molar-refractivity contribution < 1.29 is 14.6 Å². The normalized spacial score (nSPS) is 26.1. The Morgan fingerprint density at radius 2 is 2.47 bits per heavy atom. The summed E-state index contributed by atoms with van der Waals surface area (Å²) in [5.74, 6) is -0.0165. The molecule has 0 radical (unpaired) electrons. The molecule has 4 nitrogen and oxygen atoms in total. The van der Waals surface area contributed by atoms with Crippen LogP contribution in [-0.4, -0.2) is 29.8 Å². The monoisotopic (exact) mass is 283 g/mol. The van der Waals surface area contributed by atoms with Gasteiger partial charge in [0.05, 0.1) is 18.1 Å². The van der Waals surface area contributed by atoms with Gasteiger partial charge < -0.3 is 15.2 Å². The third-order valence-electron chi connectivity index (χ3n) is 3.55. The lowest BCUT2D eigenvalue weighted by Gasteiger charge is -2.20. The van der Waals surface area contributed by atoms with E-state index < -0.39 is 6.10 Å². The molecule has 1 aliphatic rings. The summed E-state index contributed by atoms with van der Waals surface area (Å²) in [5.41, 5.74) is 0. The van der Waals surface area contributed by atoms with E-state index in [4.69, 9.17) is 4.74 Å². The average Bonchev–Trinajstić information content (AvgIpc) is 2.98. The van der Waals surface area contributed by atoms with Crippen LogP contribution in [0.15, 0.2) is 17.5 Å². The standard InChI is InChI=1S/C14H21NO3S/c1-9(8-12(16)13-4-3-7-19-13)15-14(17)11-5-6-18-10(11)2/h3-4,7,9-12,16H,5-6,8H2,1-2H3,(H,15,17). The fourth-order valence-electron chi connectivity index (χ4n) is 2.42. The van der Waals surface area contributed by atoms with Gasteiger partial charge in [0.1, 0.15) is 0 Å². The largest absolute Gasteiger partial charge is 0.387 e. The summed E-state index contributed by atoms with van der Waals surface area (Å²) in [6.07, 6.45) is 0.809. The SMILES string of the molecule is CC(CC(O)c1cccs1)NC(=O)C1CCOC1C. The van der Waals surface area contributed by atoms with Crippen LogP contribution >= 0.6 is 11.3 Å². The molecule has 2 rings (SSSR count). The van der Waals surface area contributed by atoms with Crippen molar-refractivity contribution in [1.82, 2.24) is 5.32 Å². The van der Waals surface area contributed by atoms with E-state index in [1.807, 2.05) is 31.4 Å². The number of ether oxygens (including phenoxy) is 1. The lowest BCUT2D eigenvalue weighted by molar-refractivity contribution is -0.127. The Bertz CT molecular complexity index is 407. The van der Waals surface area contributed by atoms with Gasteiger partial charge in [-0.25, -0.2) is 0 Å². The second kappa shape index (κ2) is 6.50. The van der Waals surface area contributed by atoms with E-state index in [0.29, 0.717) is 13.0 Å². The molecule has 106 valence electrons. The summed E-state index contributed by atoms with van der Waals surface area (Å²) in [5, 5.41) is 15.0. The van der Waals surface area contributed by atoms with Crippen molar-refractivity contribution in [2.75, 3.05) is 6.61 Å². The number of amides is 1. The van der Waals surface area contributed by atoms with Gasteiger partial charge in [-0.05, 0) is 38.1 Å².